The number of rotatable bonds is 6. The molecule has 0 aromatic heterocycles. The maximum Gasteiger partial charge on any atom is 0.269 e. The van der Waals surface area contributed by atoms with E-state index in [1.165, 1.54) is 24.3 Å². The second kappa shape index (κ2) is 6.89. The zero-order valence-electron chi connectivity index (χ0n) is 12.5. The fourth-order valence-electron chi connectivity index (χ4n) is 2.18. The van der Waals surface area contributed by atoms with Gasteiger partial charge in [-0.3, -0.25) is 10.1 Å². The molecule has 2 aromatic carbocycles. The molecule has 0 bridgehead atoms. The minimum Gasteiger partial charge on any atom is -0.387 e. The zero-order chi connectivity index (χ0) is 17.0. The van der Waals surface area contributed by atoms with Gasteiger partial charge in [-0.1, -0.05) is 42.0 Å². The van der Waals surface area contributed by atoms with Crippen molar-refractivity contribution < 1.29 is 18.4 Å². The van der Waals surface area contributed by atoms with Crippen molar-refractivity contribution in [3.63, 3.8) is 0 Å². The number of sulfone groups is 1. The number of hydrogen-bond donors (Lipinski definition) is 1. The van der Waals surface area contributed by atoms with Crippen molar-refractivity contribution in [1.29, 1.82) is 0 Å². The van der Waals surface area contributed by atoms with E-state index in [0.717, 1.165) is 5.56 Å². The van der Waals surface area contributed by atoms with E-state index in [4.69, 9.17) is 0 Å². The number of aryl methyl sites for hydroxylation is 1. The molecule has 1 atom stereocenters. The molecule has 6 nitrogen and oxygen atoms in total. The number of nitro groups is 1. The highest BCUT2D eigenvalue weighted by atomic mass is 32.2. The van der Waals surface area contributed by atoms with Crippen molar-refractivity contribution in [2.24, 2.45) is 0 Å². The third-order valence-electron chi connectivity index (χ3n) is 3.38. The van der Waals surface area contributed by atoms with Gasteiger partial charge in [0.15, 0.2) is 9.84 Å². The van der Waals surface area contributed by atoms with Gasteiger partial charge < -0.3 is 5.11 Å². The highest BCUT2D eigenvalue weighted by Gasteiger charge is 2.21. The van der Waals surface area contributed by atoms with Gasteiger partial charge in [0.2, 0.25) is 0 Å². The van der Waals surface area contributed by atoms with Crippen molar-refractivity contribution in [3.8, 4) is 0 Å². The average molecular weight is 335 g/mol. The zero-order valence-corrected chi connectivity index (χ0v) is 13.4. The molecular weight excluding hydrogens is 318 g/mol. The fourth-order valence-corrected chi connectivity index (χ4v) is 3.67. The summed E-state index contributed by atoms with van der Waals surface area (Å²) in [4.78, 5) is 10.1. The first-order valence-corrected chi connectivity index (χ1v) is 8.77. The second-order valence-corrected chi connectivity index (χ2v) is 7.52. The number of non-ortho nitro benzene ring substituents is 1. The van der Waals surface area contributed by atoms with Crippen LogP contribution in [0, 0.1) is 17.0 Å². The minimum absolute atomic E-state index is 0.181. The minimum atomic E-state index is -3.55. The van der Waals surface area contributed by atoms with E-state index in [0.29, 0.717) is 5.56 Å². The molecule has 1 unspecified atom stereocenters. The SMILES string of the molecule is Cc1ccc(CS(=O)(=O)CC(O)c2cccc([N+](=O)[O-])c2)cc1. The summed E-state index contributed by atoms with van der Waals surface area (Å²) in [6.07, 6.45) is -1.30. The van der Waals surface area contributed by atoms with Gasteiger partial charge in [0, 0.05) is 12.1 Å². The van der Waals surface area contributed by atoms with Crippen molar-refractivity contribution in [1.82, 2.24) is 0 Å². The van der Waals surface area contributed by atoms with E-state index < -0.39 is 26.6 Å². The Labute approximate surface area is 134 Å². The Hall–Kier alpha value is -2.25. The Kier molecular flexibility index (Phi) is 5.12. The lowest BCUT2D eigenvalue weighted by Gasteiger charge is -2.12. The van der Waals surface area contributed by atoms with Crippen molar-refractivity contribution in [2.75, 3.05) is 5.75 Å². The van der Waals surface area contributed by atoms with Crippen molar-refractivity contribution >= 4 is 15.5 Å². The lowest BCUT2D eigenvalue weighted by molar-refractivity contribution is -0.385. The summed E-state index contributed by atoms with van der Waals surface area (Å²) in [7, 11) is -3.55. The van der Waals surface area contributed by atoms with Gasteiger partial charge in [-0.05, 0) is 18.1 Å². The van der Waals surface area contributed by atoms with Crippen LogP contribution >= 0.6 is 0 Å². The van der Waals surface area contributed by atoms with Crippen LogP contribution in [0.2, 0.25) is 0 Å². The molecule has 0 radical (unpaired) electrons. The van der Waals surface area contributed by atoms with Crippen molar-refractivity contribution in [2.45, 2.75) is 18.8 Å². The van der Waals surface area contributed by atoms with E-state index in [2.05, 4.69) is 0 Å². The molecule has 0 amide bonds. The largest absolute Gasteiger partial charge is 0.387 e. The lowest BCUT2D eigenvalue weighted by Crippen LogP contribution is -2.16. The molecular formula is C16H17NO5S. The molecule has 0 aliphatic carbocycles. The molecule has 23 heavy (non-hydrogen) atoms. The predicted octanol–water partition coefficient (Wildman–Crippen LogP) is 2.55. The van der Waals surface area contributed by atoms with E-state index in [1.807, 2.05) is 19.1 Å². The molecule has 0 saturated carbocycles. The van der Waals surface area contributed by atoms with E-state index >= 15 is 0 Å². The maximum absolute atomic E-state index is 12.2. The lowest BCUT2D eigenvalue weighted by atomic mass is 10.1. The van der Waals surface area contributed by atoms with Crippen molar-refractivity contribution in [3.05, 3.63) is 75.3 Å². The Morgan fingerprint density at radius 3 is 2.43 bits per heavy atom. The molecule has 1 N–H and O–H groups in total. The van der Waals surface area contributed by atoms with Gasteiger partial charge >= 0.3 is 0 Å². The highest BCUT2D eigenvalue weighted by Crippen LogP contribution is 2.21. The van der Waals surface area contributed by atoms with Crippen LogP contribution in [-0.4, -0.2) is 24.2 Å². The number of nitrogens with zero attached hydrogens (tertiary/aromatic N) is 1. The second-order valence-electron chi connectivity index (χ2n) is 5.41. The summed E-state index contributed by atoms with van der Waals surface area (Å²) >= 11 is 0. The molecule has 7 heteroatoms. The van der Waals surface area contributed by atoms with Crippen LogP contribution in [0.15, 0.2) is 48.5 Å². The summed E-state index contributed by atoms with van der Waals surface area (Å²) < 4.78 is 24.4. The van der Waals surface area contributed by atoms with E-state index in [-0.39, 0.29) is 17.0 Å². The normalized spacial score (nSPS) is 12.8. The van der Waals surface area contributed by atoms with Gasteiger partial charge in [-0.15, -0.1) is 0 Å². The number of benzene rings is 2. The molecule has 0 spiro atoms. The Morgan fingerprint density at radius 1 is 1.17 bits per heavy atom. The Morgan fingerprint density at radius 2 is 1.83 bits per heavy atom. The molecule has 122 valence electrons. The molecule has 0 aliphatic heterocycles. The molecule has 0 fully saturated rings. The summed E-state index contributed by atoms with van der Waals surface area (Å²) in [5.41, 5.74) is 1.70. The molecule has 2 aromatic rings. The maximum atomic E-state index is 12.2. The summed E-state index contributed by atoms with van der Waals surface area (Å²) in [6, 6.07) is 12.5. The third-order valence-corrected chi connectivity index (χ3v) is 4.98. The number of aliphatic hydroxyl groups excluding tert-OH is 1. The summed E-state index contributed by atoms with van der Waals surface area (Å²) in [6.45, 7) is 1.91. The van der Waals surface area contributed by atoms with Gasteiger partial charge in [0.05, 0.1) is 22.5 Å². The molecule has 0 saturated heterocycles. The van der Waals surface area contributed by atoms with Crippen LogP contribution in [0.25, 0.3) is 0 Å². The Bertz CT molecular complexity index is 799. The van der Waals surface area contributed by atoms with Crippen LogP contribution in [0.4, 0.5) is 5.69 Å². The predicted molar refractivity (Wildman–Crippen MR) is 86.7 cm³/mol. The first-order valence-electron chi connectivity index (χ1n) is 6.95. The topological polar surface area (TPSA) is 97.5 Å². The van der Waals surface area contributed by atoms with Gasteiger partial charge in [0.25, 0.3) is 5.69 Å². The smallest absolute Gasteiger partial charge is 0.269 e. The van der Waals surface area contributed by atoms with Gasteiger partial charge in [-0.2, -0.15) is 0 Å². The standard InChI is InChI=1S/C16H17NO5S/c1-12-5-7-13(8-6-12)10-23(21,22)11-16(18)14-3-2-4-15(9-14)17(19)20/h2-9,16,18H,10-11H2,1H3. The van der Waals surface area contributed by atoms with Crippen LogP contribution in [0.5, 0.6) is 0 Å². The number of nitro benzene ring substituents is 1. The third kappa shape index (κ3) is 4.87. The van der Waals surface area contributed by atoms with E-state index in [1.54, 1.807) is 12.1 Å². The summed E-state index contributed by atoms with van der Waals surface area (Å²) in [5, 5.41) is 20.8. The fraction of sp³-hybridized carbons (Fsp3) is 0.250. The van der Waals surface area contributed by atoms with Gasteiger partial charge in [0.1, 0.15) is 0 Å². The Balaban J connectivity index is 2.11. The first-order chi connectivity index (χ1) is 10.8. The first kappa shape index (κ1) is 17.1. The van der Waals surface area contributed by atoms with Crippen LogP contribution in [0.3, 0.4) is 0 Å². The number of aliphatic hydroxyl groups is 1. The number of hydrogen-bond acceptors (Lipinski definition) is 5. The van der Waals surface area contributed by atoms with Gasteiger partial charge in [-0.25, -0.2) is 8.42 Å². The molecule has 2 rings (SSSR count). The monoisotopic (exact) mass is 335 g/mol. The highest BCUT2D eigenvalue weighted by molar-refractivity contribution is 7.90. The average Bonchev–Trinajstić information content (AvgIpc) is 2.49. The quantitative estimate of drug-likeness (QED) is 0.646. The van der Waals surface area contributed by atoms with Crippen LogP contribution in [-0.2, 0) is 15.6 Å². The van der Waals surface area contributed by atoms with Crippen LogP contribution < -0.4 is 0 Å². The summed E-state index contributed by atoms with van der Waals surface area (Å²) in [5.74, 6) is -0.665. The van der Waals surface area contributed by atoms with Crippen LogP contribution in [0.1, 0.15) is 22.8 Å². The van der Waals surface area contributed by atoms with E-state index in [9.17, 15) is 23.6 Å². The molecule has 0 aliphatic rings. The molecule has 0 heterocycles.